The Kier molecular flexibility index (Phi) is 4.36. The molecule has 1 aliphatic rings. The molecule has 4 nitrogen and oxygen atoms in total. The van der Waals surface area contributed by atoms with Crippen LogP contribution in [0, 0.1) is 0 Å². The molecule has 1 amide bonds. The monoisotopic (exact) mass is 247 g/mol. The number of rotatable bonds is 5. The third-order valence-corrected chi connectivity index (χ3v) is 2.77. The first-order chi connectivity index (χ1) is 8.79. The number of benzene rings is 1. The van der Waals surface area contributed by atoms with Crippen molar-refractivity contribution >= 4 is 12.0 Å². The quantitative estimate of drug-likeness (QED) is 0.606. The normalized spacial score (nSPS) is 13.4. The number of ether oxygens (including phenoxy) is 1. The van der Waals surface area contributed by atoms with E-state index in [4.69, 9.17) is 9.84 Å². The highest BCUT2D eigenvalue weighted by molar-refractivity contribution is 5.91. The molecule has 0 fully saturated rings. The zero-order valence-electron chi connectivity index (χ0n) is 10.2. The minimum absolute atomic E-state index is 0.0921. The first-order valence-corrected chi connectivity index (χ1v) is 6.12. The molecule has 2 N–H and O–H groups in total. The van der Waals surface area contributed by atoms with Crippen LogP contribution >= 0.6 is 0 Å². The van der Waals surface area contributed by atoms with Gasteiger partial charge in [0, 0.05) is 25.6 Å². The van der Waals surface area contributed by atoms with Crippen molar-refractivity contribution in [1.82, 2.24) is 5.32 Å². The molecule has 0 aromatic heterocycles. The van der Waals surface area contributed by atoms with Gasteiger partial charge >= 0.3 is 0 Å². The Morgan fingerprint density at radius 3 is 3.22 bits per heavy atom. The zero-order valence-corrected chi connectivity index (χ0v) is 10.2. The number of carbonyl (C=O) groups is 1. The van der Waals surface area contributed by atoms with Crippen molar-refractivity contribution in [1.29, 1.82) is 0 Å². The van der Waals surface area contributed by atoms with E-state index >= 15 is 0 Å². The Morgan fingerprint density at radius 2 is 2.39 bits per heavy atom. The number of aliphatic hydroxyl groups is 1. The first kappa shape index (κ1) is 12.6. The van der Waals surface area contributed by atoms with Crippen LogP contribution in [-0.4, -0.2) is 30.8 Å². The predicted molar refractivity (Wildman–Crippen MR) is 69.4 cm³/mol. The lowest BCUT2D eigenvalue weighted by molar-refractivity contribution is -0.116. The van der Waals surface area contributed by atoms with Gasteiger partial charge in [-0.05, 0) is 35.8 Å². The van der Waals surface area contributed by atoms with Gasteiger partial charge in [0.1, 0.15) is 5.75 Å². The van der Waals surface area contributed by atoms with Crippen LogP contribution < -0.4 is 10.1 Å². The van der Waals surface area contributed by atoms with Gasteiger partial charge in [-0.15, -0.1) is 0 Å². The fourth-order valence-corrected chi connectivity index (χ4v) is 1.83. The SMILES string of the molecule is O=C(/C=C/c1ccc2c(c1)CCO2)NCCCO. The molecule has 2 rings (SSSR count). The molecule has 0 spiro atoms. The van der Waals surface area contributed by atoms with Gasteiger partial charge in [0.05, 0.1) is 6.61 Å². The van der Waals surface area contributed by atoms with Crippen LogP contribution in [0.4, 0.5) is 0 Å². The summed E-state index contributed by atoms with van der Waals surface area (Å²) in [7, 11) is 0. The van der Waals surface area contributed by atoms with E-state index in [9.17, 15) is 4.79 Å². The van der Waals surface area contributed by atoms with Crippen LogP contribution in [0.2, 0.25) is 0 Å². The lowest BCUT2D eigenvalue weighted by Gasteiger charge is -2.01. The number of carbonyl (C=O) groups excluding carboxylic acids is 1. The Bertz CT molecular complexity index is 454. The van der Waals surface area contributed by atoms with Gasteiger partial charge in [0.2, 0.25) is 5.91 Å². The second-order valence-electron chi connectivity index (χ2n) is 4.17. The number of nitrogens with one attached hydrogen (secondary N) is 1. The molecule has 0 unspecified atom stereocenters. The van der Waals surface area contributed by atoms with Crippen molar-refractivity contribution in [3.05, 3.63) is 35.4 Å². The summed E-state index contributed by atoms with van der Waals surface area (Å²) >= 11 is 0. The standard InChI is InChI=1S/C14H17NO3/c16-8-1-7-15-14(17)5-3-11-2-4-13-12(10-11)6-9-18-13/h2-5,10,16H,1,6-9H2,(H,15,17)/b5-3+. The Hall–Kier alpha value is -1.81. The Labute approximate surface area is 106 Å². The van der Waals surface area contributed by atoms with Crippen LogP contribution in [0.15, 0.2) is 24.3 Å². The van der Waals surface area contributed by atoms with Gasteiger partial charge in [0.15, 0.2) is 0 Å². The summed E-state index contributed by atoms with van der Waals surface area (Å²) < 4.78 is 5.42. The molecule has 0 aliphatic carbocycles. The number of hydrogen-bond acceptors (Lipinski definition) is 3. The van der Waals surface area contributed by atoms with E-state index in [0.29, 0.717) is 13.0 Å². The average molecular weight is 247 g/mol. The van der Waals surface area contributed by atoms with Crippen molar-refractivity contribution in [3.8, 4) is 5.75 Å². The van der Waals surface area contributed by atoms with E-state index < -0.39 is 0 Å². The topological polar surface area (TPSA) is 58.6 Å². The van der Waals surface area contributed by atoms with Crippen LogP contribution in [0.25, 0.3) is 6.08 Å². The van der Waals surface area contributed by atoms with Crippen LogP contribution in [-0.2, 0) is 11.2 Å². The summed E-state index contributed by atoms with van der Waals surface area (Å²) in [5.74, 6) is 0.805. The summed E-state index contributed by atoms with van der Waals surface area (Å²) in [5, 5.41) is 11.3. The van der Waals surface area contributed by atoms with Crippen LogP contribution in [0.5, 0.6) is 5.75 Å². The van der Waals surface area contributed by atoms with Gasteiger partial charge in [-0.25, -0.2) is 0 Å². The third kappa shape index (κ3) is 3.34. The molecule has 18 heavy (non-hydrogen) atoms. The van der Waals surface area contributed by atoms with Gasteiger partial charge < -0.3 is 15.2 Å². The molecule has 0 atom stereocenters. The largest absolute Gasteiger partial charge is 0.493 e. The number of aliphatic hydroxyl groups excluding tert-OH is 1. The highest BCUT2D eigenvalue weighted by Gasteiger charge is 2.10. The van der Waals surface area contributed by atoms with Gasteiger partial charge in [-0.2, -0.15) is 0 Å². The van der Waals surface area contributed by atoms with Crippen molar-refractivity contribution in [3.63, 3.8) is 0 Å². The molecule has 4 heteroatoms. The molecule has 0 radical (unpaired) electrons. The summed E-state index contributed by atoms with van der Waals surface area (Å²) in [6, 6.07) is 5.91. The summed E-state index contributed by atoms with van der Waals surface area (Å²) in [4.78, 5) is 11.4. The highest BCUT2D eigenvalue weighted by Crippen LogP contribution is 2.26. The minimum Gasteiger partial charge on any atom is -0.493 e. The number of amides is 1. The Balaban J connectivity index is 1.90. The molecular formula is C14H17NO3. The summed E-state index contributed by atoms with van der Waals surface area (Å²) in [6.45, 7) is 1.33. The summed E-state index contributed by atoms with van der Waals surface area (Å²) in [6.07, 6.45) is 4.80. The van der Waals surface area contributed by atoms with E-state index in [1.165, 1.54) is 11.6 Å². The fourth-order valence-electron chi connectivity index (χ4n) is 1.83. The third-order valence-electron chi connectivity index (χ3n) is 2.77. The highest BCUT2D eigenvalue weighted by atomic mass is 16.5. The maximum absolute atomic E-state index is 11.4. The van der Waals surface area contributed by atoms with Crippen molar-refractivity contribution in [2.75, 3.05) is 19.8 Å². The maximum atomic E-state index is 11.4. The molecule has 1 aliphatic heterocycles. The molecular weight excluding hydrogens is 230 g/mol. The van der Waals surface area contributed by atoms with E-state index in [1.807, 2.05) is 18.2 Å². The van der Waals surface area contributed by atoms with Crippen molar-refractivity contribution in [2.24, 2.45) is 0 Å². The molecule has 0 saturated heterocycles. The second kappa shape index (κ2) is 6.21. The fraction of sp³-hybridized carbons (Fsp3) is 0.357. The zero-order chi connectivity index (χ0) is 12.8. The molecule has 1 aromatic rings. The Morgan fingerprint density at radius 1 is 1.50 bits per heavy atom. The second-order valence-corrected chi connectivity index (χ2v) is 4.17. The van der Waals surface area contributed by atoms with E-state index in [1.54, 1.807) is 6.08 Å². The maximum Gasteiger partial charge on any atom is 0.244 e. The van der Waals surface area contributed by atoms with Gasteiger partial charge in [-0.3, -0.25) is 4.79 Å². The lowest BCUT2D eigenvalue weighted by Crippen LogP contribution is -2.22. The van der Waals surface area contributed by atoms with Crippen LogP contribution in [0.3, 0.4) is 0 Å². The van der Waals surface area contributed by atoms with E-state index in [2.05, 4.69) is 5.32 Å². The van der Waals surface area contributed by atoms with Gasteiger partial charge in [0.25, 0.3) is 0 Å². The summed E-state index contributed by atoms with van der Waals surface area (Å²) in [5.41, 5.74) is 2.19. The number of fused-ring (bicyclic) bond motifs is 1. The number of hydrogen-bond donors (Lipinski definition) is 2. The van der Waals surface area contributed by atoms with Crippen LogP contribution in [0.1, 0.15) is 17.5 Å². The van der Waals surface area contributed by atoms with Gasteiger partial charge in [-0.1, -0.05) is 6.07 Å². The first-order valence-electron chi connectivity index (χ1n) is 6.12. The molecule has 0 bridgehead atoms. The molecule has 96 valence electrons. The average Bonchev–Trinajstić information content (AvgIpc) is 2.84. The van der Waals surface area contributed by atoms with Crippen molar-refractivity contribution < 1.29 is 14.6 Å². The minimum atomic E-state index is -0.139. The van der Waals surface area contributed by atoms with E-state index in [-0.39, 0.29) is 12.5 Å². The van der Waals surface area contributed by atoms with Crippen molar-refractivity contribution in [2.45, 2.75) is 12.8 Å². The molecule has 0 saturated carbocycles. The lowest BCUT2D eigenvalue weighted by atomic mass is 10.1. The predicted octanol–water partition coefficient (Wildman–Crippen LogP) is 1.13. The molecule has 1 aromatic carbocycles. The van der Waals surface area contributed by atoms with E-state index in [0.717, 1.165) is 24.3 Å². The smallest absolute Gasteiger partial charge is 0.244 e. The molecule has 1 heterocycles.